The van der Waals surface area contributed by atoms with Gasteiger partial charge in [0.1, 0.15) is 6.07 Å². The second-order valence-electron chi connectivity index (χ2n) is 9.98. The number of nitrogens with one attached hydrogen (secondary N) is 1. The number of carbonyl (C=O) groups excluding carboxylic acids is 1. The molecule has 0 radical (unpaired) electrons. The lowest BCUT2D eigenvalue weighted by Crippen LogP contribution is -2.36. The molecule has 4 heterocycles. The van der Waals surface area contributed by atoms with E-state index in [4.69, 9.17) is 4.74 Å². The number of likely N-dealkylation sites (tertiary alicyclic amines) is 1. The SMILES string of the molecule is COc1nsc(NC(=O)N2C[C@H]3C[C@H](N(C)c4c(C#N)cnc5c4ccn5S(=O)(=O)c4ccccc4)C[C@H]3C2)n1. The van der Waals surface area contributed by atoms with Crippen LogP contribution in [0.3, 0.4) is 0 Å². The highest BCUT2D eigenvalue weighted by atomic mass is 32.2. The molecule has 206 valence electrons. The zero-order valence-corrected chi connectivity index (χ0v) is 23.4. The van der Waals surface area contributed by atoms with Crippen molar-refractivity contribution in [3.05, 3.63) is 54.4 Å². The van der Waals surface area contributed by atoms with Gasteiger partial charge in [0, 0.05) is 55.5 Å². The number of carbonyl (C=O) groups is 1. The van der Waals surface area contributed by atoms with Gasteiger partial charge in [0.15, 0.2) is 5.65 Å². The standard InChI is InChI=1S/C26H26N8O4S2/c1-32(19-10-16-14-33(15-17(16)11-19)26(35)30-25-29-24(38-2)31-39-25)22-18(12-27)13-28-23-21(22)8-9-34(23)40(36,37)20-6-4-3-5-7-20/h3-9,13,16-17,19H,10-11,14-15H2,1-2H3,(H,29,30,31,35)/t16-,17+,19+. The summed E-state index contributed by atoms with van der Waals surface area (Å²) in [4.78, 5) is 25.3. The fourth-order valence-corrected chi connectivity index (χ4v) is 7.71. The van der Waals surface area contributed by atoms with Crippen LogP contribution in [0.5, 0.6) is 6.01 Å². The van der Waals surface area contributed by atoms with Crippen molar-refractivity contribution in [2.24, 2.45) is 11.8 Å². The summed E-state index contributed by atoms with van der Waals surface area (Å²) in [6.45, 7) is 1.25. The van der Waals surface area contributed by atoms with Crippen molar-refractivity contribution in [3.8, 4) is 12.1 Å². The monoisotopic (exact) mass is 578 g/mol. The van der Waals surface area contributed by atoms with Crippen molar-refractivity contribution in [3.63, 3.8) is 0 Å². The summed E-state index contributed by atoms with van der Waals surface area (Å²) in [7, 11) is -0.442. The molecule has 1 aliphatic heterocycles. The third-order valence-electron chi connectivity index (χ3n) is 7.79. The van der Waals surface area contributed by atoms with E-state index in [1.165, 1.54) is 23.5 Å². The predicted octanol–water partition coefficient (Wildman–Crippen LogP) is 3.38. The van der Waals surface area contributed by atoms with E-state index in [0.717, 1.165) is 24.4 Å². The quantitative estimate of drug-likeness (QED) is 0.364. The molecule has 0 unspecified atom stereocenters. The Morgan fingerprint density at radius 2 is 1.93 bits per heavy atom. The third-order valence-corrected chi connectivity index (χ3v) is 10.1. The lowest BCUT2D eigenvalue weighted by Gasteiger charge is -2.29. The first-order valence-electron chi connectivity index (χ1n) is 12.7. The molecule has 2 aliphatic rings. The Labute approximate surface area is 235 Å². The molecule has 1 aliphatic carbocycles. The average Bonchev–Trinajstić information content (AvgIpc) is 3.75. The molecule has 3 atom stereocenters. The first kappa shape index (κ1) is 26.0. The Morgan fingerprint density at radius 3 is 2.58 bits per heavy atom. The van der Waals surface area contributed by atoms with Crippen LogP contribution >= 0.6 is 11.5 Å². The second kappa shape index (κ2) is 10.1. The average molecular weight is 579 g/mol. The summed E-state index contributed by atoms with van der Waals surface area (Å²) in [5, 5.41) is 13.7. The molecular formula is C26H26N8O4S2. The molecule has 0 spiro atoms. The van der Waals surface area contributed by atoms with Crippen LogP contribution in [0.25, 0.3) is 11.0 Å². The molecule has 14 heteroatoms. The van der Waals surface area contributed by atoms with E-state index in [-0.39, 0.29) is 28.6 Å². The van der Waals surface area contributed by atoms with Crippen LogP contribution < -0.4 is 15.0 Å². The number of benzene rings is 1. The number of nitrogens with zero attached hydrogens (tertiary/aromatic N) is 7. The number of urea groups is 1. The van der Waals surface area contributed by atoms with Gasteiger partial charge >= 0.3 is 12.0 Å². The first-order valence-corrected chi connectivity index (χ1v) is 14.9. The van der Waals surface area contributed by atoms with Gasteiger partial charge in [0.25, 0.3) is 10.0 Å². The van der Waals surface area contributed by atoms with Gasteiger partial charge in [-0.25, -0.2) is 22.2 Å². The van der Waals surface area contributed by atoms with E-state index in [0.29, 0.717) is 46.7 Å². The highest BCUT2D eigenvalue weighted by Crippen LogP contribution is 2.43. The molecule has 2 amide bonds. The van der Waals surface area contributed by atoms with Crippen LogP contribution in [-0.2, 0) is 10.0 Å². The summed E-state index contributed by atoms with van der Waals surface area (Å²) >= 11 is 1.07. The number of aromatic nitrogens is 4. The molecule has 6 rings (SSSR count). The number of amides is 2. The lowest BCUT2D eigenvalue weighted by molar-refractivity contribution is 0.218. The summed E-state index contributed by atoms with van der Waals surface area (Å²) in [5.41, 5.74) is 1.33. The minimum atomic E-state index is -3.86. The fraction of sp³-hybridized carbons (Fsp3) is 0.346. The van der Waals surface area contributed by atoms with Crippen LogP contribution in [0.1, 0.15) is 18.4 Å². The maximum Gasteiger partial charge on any atom is 0.329 e. The fourth-order valence-electron chi connectivity index (χ4n) is 5.86. The van der Waals surface area contributed by atoms with Crippen LogP contribution in [0.4, 0.5) is 15.6 Å². The number of methoxy groups -OCH3 is 1. The molecule has 3 aromatic heterocycles. The second-order valence-corrected chi connectivity index (χ2v) is 12.5. The van der Waals surface area contributed by atoms with Crippen molar-refractivity contribution < 1.29 is 17.9 Å². The zero-order chi connectivity index (χ0) is 28.0. The summed E-state index contributed by atoms with van der Waals surface area (Å²) in [6.07, 6.45) is 4.62. The minimum Gasteiger partial charge on any atom is -0.466 e. The first-order chi connectivity index (χ1) is 19.3. The van der Waals surface area contributed by atoms with Crippen LogP contribution in [0, 0.1) is 23.2 Å². The van der Waals surface area contributed by atoms with E-state index in [1.807, 2.05) is 7.05 Å². The molecule has 0 bridgehead atoms. The maximum atomic E-state index is 13.3. The molecule has 4 aromatic rings. The number of hydrogen-bond donors (Lipinski definition) is 1. The largest absolute Gasteiger partial charge is 0.466 e. The highest BCUT2D eigenvalue weighted by Gasteiger charge is 2.44. The molecule has 40 heavy (non-hydrogen) atoms. The van der Waals surface area contributed by atoms with Crippen molar-refractivity contribution in [2.75, 3.05) is 37.5 Å². The Bertz CT molecular complexity index is 1720. The lowest BCUT2D eigenvalue weighted by atomic mass is 10.0. The number of ether oxygens (including phenoxy) is 1. The molecule has 2 fully saturated rings. The van der Waals surface area contributed by atoms with Gasteiger partial charge in [-0.15, -0.1) is 4.37 Å². The normalized spacial score (nSPS) is 20.3. The Morgan fingerprint density at radius 1 is 1.20 bits per heavy atom. The van der Waals surface area contributed by atoms with E-state index >= 15 is 0 Å². The Kier molecular flexibility index (Phi) is 6.55. The maximum absolute atomic E-state index is 13.3. The van der Waals surface area contributed by atoms with Crippen LogP contribution in [0.2, 0.25) is 0 Å². The van der Waals surface area contributed by atoms with E-state index < -0.39 is 10.0 Å². The van der Waals surface area contributed by atoms with E-state index in [1.54, 1.807) is 41.3 Å². The molecular weight excluding hydrogens is 552 g/mol. The number of pyridine rings is 1. The number of anilines is 2. The van der Waals surface area contributed by atoms with Gasteiger partial charge in [0.05, 0.1) is 23.3 Å². The van der Waals surface area contributed by atoms with Crippen molar-refractivity contribution in [1.82, 2.24) is 23.2 Å². The highest BCUT2D eigenvalue weighted by molar-refractivity contribution is 7.90. The van der Waals surface area contributed by atoms with Crippen molar-refractivity contribution >= 4 is 49.4 Å². The molecule has 1 saturated carbocycles. The van der Waals surface area contributed by atoms with Crippen LogP contribution in [0.15, 0.2) is 53.7 Å². The molecule has 1 saturated heterocycles. The number of fused-ring (bicyclic) bond motifs is 2. The summed E-state index contributed by atoms with van der Waals surface area (Å²) in [5.74, 6) is 0.626. The third kappa shape index (κ3) is 4.40. The van der Waals surface area contributed by atoms with E-state index in [9.17, 15) is 18.5 Å². The Balaban J connectivity index is 1.21. The predicted molar refractivity (Wildman–Crippen MR) is 149 cm³/mol. The number of nitriles is 1. The van der Waals surface area contributed by atoms with Gasteiger partial charge < -0.3 is 14.5 Å². The number of rotatable bonds is 6. The van der Waals surface area contributed by atoms with Gasteiger partial charge in [0.2, 0.25) is 5.13 Å². The van der Waals surface area contributed by atoms with Crippen molar-refractivity contribution in [1.29, 1.82) is 5.26 Å². The van der Waals surface area contributed by atoms with Gasteiger partial charge in [-0.05, 0) is 42.9 Å². The smallest absolute Gasteiger partial charge is 0.329 e. The topological polar surface area (TPSA) is 146 Å². The van der Waals surface area contributed by atoms with Crippen LogP contribution in [-0.4, -0.2) is 71.0 Å². The minimum absolute atomic E-state index is 0.124. The van der Waals surface area contributed by atoms with E-state index in [2.05, 4.69) is 30.6 Å². The van der Waals surface area contributed by atoms with Crippen molar-refractivity contribution in [2.45, 2.75) is 23.8 Å². The Hall–Kier alpha value is -4.22. The zero-order valence-electron chi connectivity index (χ0n) is 21.8. The molecule has 1 N–H and O–H groups in total. The van der Waals surface area contributed by atoms with Gasteiger partial charge in [-0.2, -0.15) is 10.2 Å². The van der Waals surface area contributed by atoms with Gasteiger partial charge in [-0.1, -0.05) is 18.2 Å². The van der Waals surface area contributed by atoms with Gasteiger partial charge in [-0.3, -0.25) is 5.32 Å². The summed E-state index contributed by atoms with van der Waals surface area (Å²) in [6, 6.07) is 12.3. The number of hydrogen-bond acceptors (Lipinski definition) is 10. The summed E-state index contributed by atoms with van der Waals surface area (Å²) < 4.78 is 36.8. The molecule has 1 aromatic carbocycles. The molecule has 12 nitrogen and oxygen atoms in total.